The number of alkyl halides is 4. The van der Waals surface area contributed by atoms with Crippen molar-refractivity contribution in [3.05, 3.63) is 119 Å². The molecule has 1 saturated heterocycles. The van der Waals surface area contributed by atoms with Gasteiger partial charge in [-0.25, -0.2) is 18.8 Å². The highest BCUT2D eigenvalue weighted by Gasteiger charge is 2.79. The zero-order valence-corrected chi connectivity index (χ0v) is 41.0. The lowest BCUT2D eigenvalue weighted by atomic mass is 9.45. The predicted molar refractivity (Wildman–Crippen MR) is 247 cm³/mol. The Morgan fingerprint density at radius 3 is 1.99 bits per heavy atom. The van der Waals surface area contributed by atoms with Gasteiger partial charge in [-0.1, -0.05) is 115 Å². The summed E-state index contributed by atoms with van der Waals surface area (Å²) >= 11 is 17.6. The van der Waals surface area contributed by atoms with Crippen LogP contribution in [-0.2, 0) is 52.3 Å². The van der Waals surface area contributed by atoms with Crippen molar-refractivity contribution < 1.29 is 76.2 Å². The van der Waals surface area contributed by atoms with E-state index in [1.807, 2.05) is 0 Å². The Morgan fingerprint density at radius 2 is 1.44 bits per heavy atom. The van der Waals surface area contributed by atoms with Gasteiger partial charge in [-0.15, -0.1) is 0 Å². The Morgan fingerprint density at radius 1 is 0.857 bits per heavy atom. The van der Waals surface area contributed by atoms with Crippen LogP contribution in [0.15, 0.2) is 102 Å². The molecule has 1 aliphatic heterocycles. The number of hydrogen-bond donors (Lipinski definition) is 2. The molecule has 4 aliphatic rings. The molecule has 1 amide bonds. The first-order valence-corrected chi connectivity index (χ1v) is 23.4. The number of fused-ring (bicyclic) bond motifs is 5. The van der Waals surface area contributed by atoms with Crippen molar-refractivity contribution in [3.63, 3.8) is 0 Å². The molecule has 0 spiro atoms. The van der Waals surface area contributed by atoms with Crippen LogP contribution >= 0.6 is 34.8 Å². The first-order chi connectivity index (χ1) is 32.9. The summed E-state index contributed by atoms with van der Waals surface area (Å²) in [6.45, 7) is 6.51. The minimum atomic E-state index is -2.56. The lowest BCUT2D eigenvalue weighted by Crippen LogP contribution is -2.81. The third kappa shape index (κ3) is 9.74. The molecule has 3 aromatic carbocycles. The second kappa shape index (κ2) is 19.9. The Bertz CT molecular complexity index is 2560. The number of ketones is 1. The maximum Gasteiger partial charge on any atom is 0.509 e. The van der Waals surface area contributed by atoms with Gasteiger partial charge in [0, 0.05) is 37.7 Å². The van der Waals surface area contributed by atoms with Crippen molar-refractivity contribution >= 4 is 76.5 Å². The van der Waals surface area contributed by atoms with E-state index >= 15 is 14.0 Å². The average Bonchev–Trinajstić information content (AvgIpc) is 3.30. The van der Waals surface area contributed by atoms with Gasteiger partial charge in [0.25, 0.3) is 5.91 Å². The maximum atomic E-state index is 17.4. The second-order valence-corrected chi connectivity index (χ2v) is 21.1. The van der Waals surface area contributed by atoms with E-state index in [0.717, 1.165) is 13.8 Å². The van der Waals surface area contributed by atoms with Crippen molar-refractivity contribution in [2.75, 3.05) is 13.2 Å². The summed E-state index contributed by atoms with van der Waals surface area (Å²) < 4.78 is 56.2. The van der Waals surface area contributed by atoms with Gasteiger partial charge in [0.05, 0.1) is 23.5 Å². The Hall–Kier alpha value is -5.59. The molecule has 3 aliphatic carbocycles. The number of halogens is 4. The number of rotatable bonds is 12. The Balaban J connectivity index is 1.42. The molecular formula is C50H51Cl3FNO15. The van der Waals surface area contributed by atoms with E-state index in [4.69, 9.17) is 68.0 Å². The lowest BCUT2D eigenvalue weighted by molar-refractivity contribution is -0.341. The van der Waals surface area contributed by atoms with Gasteiger partial charge in [0.2, 0.25) is 9.90 Å². The third-order valence-corrected chi connectivity index (χ3v) is 14.3. The topological polar surface area (TPSA) is 216 Å². The van der Waals surface area contributed by atoms with Crippen LogP contribution in [0.4, 0.5) is 9.18 Å². The van der Waals surface area contributed by atoms with Crippen LogP contribution in [0.3, 0.4) is 0 Å². The predicted octanol–water partition coefficient (Wildman–Crippen LogP) is 7.24. The van der Waals surface area contributed by atoms with E-state index in [9.17, 15) is 29.1 Å². The lowest BCUT2D eigenvalue weighted by Gasteiger charge is -2.67. The van der Waals surface area contributed by atoms with Gasteiger partial charge in [0.15, 0.2) is 17.5 Å². The van der Waals surface area contributed by atoms with Crippen molar-refractivity contribution in [2.24, 2.45) is 16.7 Å². The quantitative estimate of drug-likeness (QED) is 0.0791. The van der Waals surface area contributed by atoms with Crippen molar-refractivity contribution in [2.45, 2.75) is 112 Å². The van der Waals surface area contributed by atoms with Gasteiger partial charge in [-0.2, -0.15) is 0 Å². The molecule has 374 valence electrons. The van der Waals surface area contributed by atoms with Crippen LogP contribution in [-0.4, -0.2) is 112 Å². The first kappa shape index (κ1) is 52.2. The van der Waals surface area contributed by atoms with Gasteiger partial charge in [0.1, 0.15) is 42.7 Å². The molecule has 0 radical (unpaired) electrons. The number of carbonyl (C=O) groups is 7. The molecule has 7 rings (SSSR count). The molecule has 2 saturated carbocycles. The van der Waals surface area contributed by atoms with E-state index < -0.39 is 142 Å². The zero-order chi connectivity index (χ0) is 51.1. The van der Waals surface area contributed by atoms with E-state index in [0.29, 0.717) is 0 Å². The SMILES string of the molecule is CC(=O)O[C@H]1C(=O)[C@]2(C)C(F)C[C@H]3OC[C@@]3(OC(C)=O)[C@H]2[C@H](OC(=O)c2ccccc2)[C@]2(O)CC(OC(=O)[C@H](OC(=O)OCC(Cl)(Cl)Cl)[C@@H](NC(=O)c3ccccc3)c3ccccc3)C(C)=C1C2(C)C. The summed E-state index contributed by atoms with van der Waals surface area (Å²) in [6, 6.07) is 21.8. The summed E-state index contributed by atoms with van der Waals surface area (Å²) in [7, 11) is 0. The monoisotopic (exact) mass is 1030 g/mol. The minimum absolute atomic E-state index is 0.0100. The number of esters is 4. The summed E-state index contributed by atoms with van der Waals surface area (Å²) in [5.41, 5.74) is -8.38. The molecule has 2 N–H and O–H groups in total. The molecule has 16 nitrogen and oxygen atoms in total. The smallest absolute Gasteiger partial charge is 0.455 e. The minimum Gasteiger partial charge on any atom is -0.455 e. The van der Waals surface area contributed by atoms with Crippen molar-refractivity contribution in [1.29, 1.82) is 0 Å². The number of Topliss-reactive ketones (excluding diaryl/α,β-unsaturated/α-hetero) is 1. The summed E-state index contributed by atoms with van der Waals surface area (Å²) in [6.07, 6.45) is -13.8. The molecule has 3 aromatic rings. The van der Waals surface area contributed by atoms with Gasteiger partial charge in [-0.3, -0.25) is 19.2 Å². The molecular weight excluding hydrogens is 980 g/mol. The van der Waals surface area contributed by atoms with Crippen LogP contribution in [0, 0.1) is 16.7 Å². The number of benzene rings is 3. The van der Waals surface area contributed by atoms with E-state index in [2.05, 4.69) is 5.32 Å². The number of carbonyl (C=O) groups excluding carboxylic acids is 7. The average molecular weight is 1030 g/mol. The molecule has 3 fully saturated rings. The molecule has 2 bridgehead atoms. The molecule has 70 heavy (non-hydrogen) atoms. The number of hydrogen-bond acceptors (Lipinski definition) is 15. The van der Waals surface area contributed by atoms with Crippen LogP contribution in [0.1, 0.15) is 86.7 Å². The maximum absolute atomic E-state index is 17.4. The van der Waals surface area contributed by atoms with E-state index in [-0.39, 0.29) is 27.8 Å². The number of aliphatic hydroxyl groups is 1. The Labute approximate surface area is 417 Å². The number of nitrogens with one attached hydrogen (secondary N) is 1. The number of ether oxygens (including phenoxy) is 7. The highest BCUT2D eigenvalue weighted by molar-refractivity contribution is 6.67. The standard InChI is InChI=1S/C50H51Cl3FNO15/c1-26-32(67-44(61)38(68-45(62)65-25-50(51,52)53)36(29-16-10-7-11-17-29)55-42(59)30-18-12-8-13-19-30)23-49(63)41(69-43(60)31-20-14-9-15-21-31)39-47(6,33(54)22-34-48(39,24-64-34)70-28(3)57)40(58)37(66-27(2)56)35(26)46(49,4)5/h7-21,32-34,36-39,41,63H,22-25H2,1-6H3,(H,55,59)/t32?,33?,34-,36+,37-,38-,39+,41+,47-,48+,49-/m1/s1. The second-order valence-electron chi connectivity index (χ2n) is 18.6. The van der Waals surface area contributed by atoms with Gasteiger partial charge in [-0.05, 0) is 54.8 Å². The van der Waals surface area contributed by atoms with Crippen molar-refractivity contribution in [1.82, 2.24) is 5.32 Å². The third-order valence-electron chi connectivity index (χ3n) is 14.0. The fourth-order valence-electron chi connectivity index (χ4n) is 10.5. The zero-order valence-electron chi connectivity index (χ0n) is 38.8. The first-order valence-electron chi connectivity index (χ1n) is 22.2. The van der Waals surface area contributed by atoms with E-state index in [1.54, 1.807) is 54.6 Å². The summed E-state index contributed by atoms with van der Waals surface area (Å²) in [5.74, 6) is -7.76. The molecule has 0 aromatic heterocycles. The summed E-state index contributed by atoms with van der Waals surface area (Å²) in [5, 5.41) is 16.6. The van der Waals surface area contributed by atoms with E-state index in [1.165, 1.54) is 64.1 Å². The fourth-order valence-corrected chi connectivity index (χ4v) is 10.7. The fraction of sp³-hybridized carbons (Fsp3) is 0.460. The van der Waals surface area contributed by atoms with Crippen LogP contribution < -0.4 is 5.32 Å². The normalized spacial score (nSPS) is 29.7. The molecule has 1 heterocycles. The largest absolute Gasteiger partial charge is 0.509 e. The van der Waals surface area contributed by atoms with Gasteiger partial charge < -0.3 is 43.6 Å². The van der Waals surface area contributed by atoms with Crippen LogP contribution in [0.5, 0.6) is 0 Å². The van der Waals surface area contributed by atoms with Crippen LogP contribution in [0.2, 0.25) is 0 Å². The Kier molecular flexibility index (Phi) is 14.8. The summed E-state index contributed by atoms with van der Waals surface area (Å²) in [4.78, 5) is 98.5. The van der Waals surface area contributed by atoms with Crippen molar-refractivity contribution in [3.8, 4) is 0 Å². The molecule has 11 atom stereocenters. The highest BCUT2D eigenvalue weighted by Crippen LogP contribution is 2.65. The highest BCUT2D eigenvalue weighted by atomic mass is 35.6. The van der Waals surface area contributed by atoms with Crippen LogP contribution in [0.25, 0.3) is 0 Å². The molecule has 20 heteroatoms. The van der Waals surface area contributed by atoms with Gasteiger partial charge >= 0.3 is 30.0 Å². The number of amides is 1. The molecule has 2 unspecified atom stereocenters.